The molecule has 0 rings (SSSR count). The van der Waals surface area contributed by atoms with Crippen LogP contribution in [0.5, 0.6) is 0 Å². The van der Waals surface area contributed by atoms with Crippen LogP contribution in [0.2, 0.25) is 0 Å². The van der Waals surface area contributed by atoms with Crippen molar-refractivity contribution in [1.82, 2.24) is 0 Å². The number of carbonyl (C=O) groups is 1. The summed E-state index contributed by atoms with van der Waals surface area (Å²) in [4.78, 5) is 11.9. The van der Waals surface area contributed by atoms with Gasteiger partial charge in [-0.3, -0.25) is 0 Å². The van der Waals surface area contributed by atoms with Crippen LogP contribution in [0.1, 0.15) is 0 Å². The number of rotatable bonds is 1. The summed E-state index contributed by atoms with van der Waals surface area (Å²) in [5.41, 5.74) is 0. The Hall–Kier alpha value is -0.0316. The molecule has 0 N–H and O–H groups in total. The Morgan fingerprint density at radius 1 is 1.80 bits per heavy atom. The molecule has 0 aliphatic heterocycles. The van der Waals surface area contributed by atoms with E-state index in [2.05, 4.69) is 4.86 Å². The molecule has 0 saturated heterocycles. The fourth-order valence-electron chi connectivity index (χ4n) is 0.0393. The van der Waals surface area contributed by atoms with Crippen LogP contribution in [-0.4, -0.2) is 23.1 Å². The maximum atomic E-state index is 9.30. The molecule has 5 heavy (non-hydrogen) atoms. The van der Waals surface area contributed by atoms with Crippen LogP contribution in [-0.2, 0) is 4.79 Å². The van der Waals surface area contributed by atoms with Gasteiger partial charge in [0.05, 0.1) is 0 Å². The summed E-state index contributed by atoms with van der Waals surface area (Å²) in [6.45, 7) is 0. The van der Waals surface area contributed by atoms with Crippen molar-refractivity contribution in [2.75, 3.05) is 0 Å². The van der Waals surface area contributed by atoms with Crippen LogP contribution in [0.15, 0.2) is 6.08 Å². The van der Waals surface area contributed by atoms with Gasteiger partial charge in [0, 0.05) is 0 Å². The summed E-state index contributed by atoms with van der Waals surface area (Å²) in [6, 6.07) is 0. The van der Waals surface area contributed by atoms with Crippen LogP contribution in [0.3, 0.4) is 0 Å². The molecule has 0 spiro atoms. The zero-order chi connectivity index (χ0) is 4.12. The van der Waals surface area contributed by atoms with E-state index in [0.29, 0.717) is 6.29 Å². The number of allylic oxidation sites excluding steroid dienone is 1. The maximum absolute atomic E-state index is 9.30. The Labute approximate surface area is 39.6 Å². The molecule has 0 fully saturated rings. The molecule has 0 aromatic carbocycles. The third-order valence-electron chi connectivity index (χ3n) is 0.164. The van der Waals surface area contributed by atoms with Gasteiger partial charge in [-0.25, -0.2) is 0 Å². The van der Waals surface area contributed by atoms with Gasteiger partial charge in [0.15, 0.2) is 0 Å². The number of aldehydes is 1. The monoisotopic (exact) mass is 131 g/mol. The van der Waals surface area contributed by atoms with Gasteiger partial charge >= 0.3 is 38.9 Å². The molecule has 0 aliphatic rings. The van der Waals surface area contributed by atoms with Crippen molar-refractivity contribution in [2.24, 2.45) is 0 Å². The summed E-state index contributed by atoms with van der Waals surface area (Å²) < 4.78 is 0. The molecule has 27 valence electrons. The number of hydrogen-bond acceptors (Lipinski definition) is 1. The first kappa shape index (κ1) is 4.97. The molecule has 0 bridgehead atoms. The van der Waals surface area contributed by atoms with E-state index < -0.39 is 0 Å². The standard InChI is InChI=1S/C3H4AsO/c4-2-1-3-5/h1,3H,4H2. The van der Waals surface area contributed by atoms with E-state index in [4.69, 9.17) is 0 Å². The molecule has 1 atom stereocenters. The van der Waals surface area contributed by atoms with Crippen molar-refractivity contribution >= 4 is 23.1 Å². The molecule has 0 aromatic heterocycles. The van der Waals surface area contributed by atoms with Gasteiger partial charge in [0.1, 0.15) is 0 Å². The number of carbonyl (C=O) groups excluding carboxylic acids is 1. The van der Waals surface area contributed by atoms with Crippen molar-refractivity contribution in [3.05, 3.63) is 10.9 Å². The van der Waals surface area contributed by atoms with Crippen molar-refractivity contribution < 1.29 is 4.79 Å². The molecular weight excluding hydrogens is 127 g/mol. The molecule has 1 nitrogen and oxygen atoms in total. The summed E-state index contributed by atoms with van der Waals surface area (Å²) in [5.74, 6) is 0. The molecule has 0 aromatic rings. The van der Waals surface area contributed by atoms with E-state index in [1.54, 1.807) is 0 Å². The van der Waals surface area contributed by atoms with Crippen molar-refractivity contribution in [3.63, 3.8) is 0 Å². The molecule has 1 unspecified atom stereocenters. The minimum absolute atomic E-state index is 0.710. The minimum atomic E-state index is 0.710. The molecule has 0 heterocycles. The van der Waals surface area contributed by atoms with Crippen molar-refractivity contribution in [2.45, 2.75) is 0 Å². The molecule has 0 saturated carbocycles. The fraction of sp³-hybridized carbons (Fsp3) is 0. The second-order valence-electron chi connectivity index (χ2n) is 0.469. The van der Waals surface area contributed by atoms with Gasteiger partial charge in [-0.05, 0) is 0 Å². The molecule has 2 heteroatoms. The summed E-state index contributed by atoms with van der Waals surface area (Å²) in [7, 11) is 0. The van der Waals surface area contributed by atoms with E-state index in [-0.39, 0.29) is 0 Å². The first-order chi connectivity index (χ1) is 2.41. The fourth-order valence-corrected chi connectivity index (χ4v) is 0.204. The normalized spacial score (nSPS) is 9.00. The van der Waals surface area contributed by atoms with Gasteiger partial charge in [0.2, 0.25) is 0 Å². The SMILES string of the molecule is O=C/C=[C]/[AsH2]. The summed E-state index contributed by atoms with van der Waals surface area (Å²) in [5, 5.41) is 0. The molecule has 0 aliphatic carbocycles. The van der Waals surface area contributed by atoms with E-state index in [1.165, 1.54) is 22.9 Å². The average molecular weight is 131 g/mol. The predicted molar refractivity (Wildman–Crippen MR) is 22.4 cm³/mol. The van der Waals surface area contributed by atoms with E-state index in [0.717, 1.165) is 0 Å². The second-order valence-corrected chi connectivity index (χ2v) is 1.17. The Morgan fingerprint density at radius 3 is 2.40 bits per heavy atom. The number of hydrogen-bond donors (Lipinski definition) is 0. The average Bonchev–Trinajstić information content (AvgIpc) is 1.41. The van der Waals surface area contributed by atoms with E-state index in [1.807, 2.05) is 0 Å². The third-order valence-corrected chi connectivity index (χ3v) is 0.568. The summed E-state index contributed by atoms with van der Waals surface area (Å²) >= 11 is 1.31. The van der Waals surface area contributed by atoms with Gasteiger partial charge in [-0.2, -0.15) is 0 Å². The molecule has 0 amide bonds. The van der Waals surface area contributed by atoms with Crippen LogP contribution in [0.25, 0.3) is 0 Å². The first-order valence-electron chi connectivity index (χ1n) is 1.15. The Balaban J connectivity index is 2.92. The van der Waals surface area contributed by atoms with Crippen LogP contribution in [0, 0.1) is 4.86 Å². The zero-order valence-electron chi connectivity index (χ0n) is 2.64. The predicted octanol–water partition coefficient (Wildman–Crippen LogP) is -0.865. The quantitative estimate of drug-likeness (QED) is 0.257. The van der Waals surface area contributed by atoms with Crippen molar-refractivity contribution in [1.29, 1.82) is 0 Å². The molecule has 1 radical (unpaired) electrons. The van der Waals surface area contributed by atoms with Gasteiger partial charge in [-0.15, -0.1) is 0 Å². The van der Waals surface area contributed by atoms with Gasteiger partial charge < -0.3 is 0 Å². The second kappa shape index (κ2) is 3.97. The van der Waals surface area contributed by atoms with E-state index in [9.17, 15) is 4.79 Å². The third kappa shape index (κ3) is 3.97. The van der Waals surface area contributed by atoms with Crippen LogP contribution in [0.4, 0.5) is 0 Å². The van der Waals surface area contributed by atoms with Crippen LogP contribution < -0.4 is 0 Å². The van der Waals surface area contributed by atoms with E-state index >= 15 is 0 Å². The first-order valence-corrected chi connectivity index (χ1v) is 2.36. The van der Waals surface area contributed by atoms with Crippen molar-refractivity contribution in [3.8, 4) is 0 Å². The van der Waals surface area contributed by atoms with Gasteiger partial charge in [0.25, 0.3) is 0 Å². The summed E-state index contributed by atoms with van der Waals surface area (Å²) in [6.07, 6.45) is 2.06. The Kier molecular flexibility index (Phi) is 3.94. The Bertz CT molecular complexity index is 48.9. The zero-order valence-corrected chi connectivity index (χ0v) is 5.06. The van der Waals surface area contributed by atoms with Gasteiger partial charge in [-0.1, -0.05) is 0 Å². The van der Waals surface area contributed by atoms with Crippen LogP contribution >= 0.6 is 0 Å². The topological polar surface area (TPSA) is 17.1 Å². The Morgan fingerprint density at radius 2 is 2.40 bits per heavy atom. The molecular formula is C3H4AsO.